The van der Waals surface area contributed by atoms with Crippen LogP contribution < -0.4 is 0 Å². The molecule has 0 aromatic carbocycles. The third-order valence-electron chi connectivity index (χ3n) is 4.63. The molecule has 1 fully saturated rings. The van der Waals surface area contributed by atoms with Crippen molar-refractivity contribution in [1.29, 1.82) is 0 Å². The molecule has 0 amide bonds. The number of carboxylic acid groups (broad SMARTS) is 1. The molecule has 1 aromatic rings. The smallest absolute Gasteiger partial charge is 0.325 e. The lowest BCUT2D eigenvalue weighted by Gasteiger charge is -2.39. The van der Waals surface area contributed by atoms with E-state index >= 15 is 0 Å². The molecule has 0 spiro atoms. The normalized spacial score (nSPS) is 30.2. The third-order valence-corrected chi connectivity index (χ3v) is 7.28. The summed E-state index contributed by atoms with van der Waals surface area (Å²) in [5.74, 6) is -0.881. The number of hydrogen-bond donors (Lipinski definition) is 1. The maximum Gasteiger partial charge on any atom is 0.325 e. The third kappa shape index (κ3) is 2.62. The molecule has 116 valence electrons. The van der Waals surface area contributed by atoms with E-state index in [9.17, 15) is 18.3 Å². The van der Waals surface area contributed by atoms with Gasteiger partial charge in [-0.2, -0.15) is 0 Å². The van der Waals surface area contributed by atoms with E-state index in [4.69, 9.17) is 0 Å². The summed E-state index contributed by atoms with van der Waals surface area (Å²) in [6.07, 6.45) is 4.33. The topological polar surface area (TPSA) is 74.7 Å². The molecule has 0 radical (unpaired) electrons. The Bertz CT molecular complexity index is 652. The Kier molecular flexibility index (Phi) is 3.83. The summed E-state index contributed by atoms with van der Waals surface area (Å²) in [5, 5.41) is 11.1. The van der Waals surface area contributed by atoms with Crippen molar-refractivity contribution >= 4 is 27.1 Å². The Hall–Kier alpha value is -0.920. The molecule has 1 saturated carbocycles. The van der Waals surface area contributed by atoms with Crippen LogP contribution in [-0.2, 0) is 21.1 Å². The second-order valence-electron chi connectivity index (χ2n) is 5.89. The van der Waals surface area contributed by atoms with Crippen LogP contribution in [0.1, 0.15) is 35.7 Å². The fourth-order valence-corrected chi connectivity index (χ4v) is 6.11. The van der Waals surface area contributed by atoms with E-state index in [-0.39, 0.29) is 6.04 Å². The van der Waals surface area contributed by atoms with Crippen molar-refractivity contribution in [1.82, 2.24) is 4.90 Å². The number of carboxylic acids is 1. The summed E-state index contributed by atoms with van der Waals surface area (Å²) >= 11 is 1.59. The van der Waals surface area contributed by atoms with Gasteiger partial charge < -0.3 is 5.11 Å². The average Bonchev–Trinajstić information content (AvgIpc) is 3.04. The predicted molar refractivity (Wildman–Crippen MR) is 81.4 cm³/mol. The first kappa shape index (κ1) is 15.0. The monoisotopic (exact) mass is 329 g/mol. The van der Waals surface area contributed by atoms with E-state index in [1.54, 1.807) is 11.3 Å². The molecule has 21 heavy (non-hydrogen) atoms. The number of carbonyl (C=O) groups is 1. The standard InChI is InChI=1S/C14H19NO4S2/c1-21(18,19)12-4-2-3-10(12)15-7-5-11-9(6-8-20-11)13(15)14(16)17/h6,8,10,12-13H,2-5,7H2,1H3,(H,16,17). The van der Waals surface area contributed by atoms with Gasteiger partial charge in [0.05, 0.1) is 5.25 Å². The number of fused-ring (bicyclic) bond motifs is 1. The molecule has 2 aliphatic rings. The zero-order valence-corrected chi connectivity index (χ0v) is 13.5. The molecule has 2 heterocycles. The van der Waals surface area contributed by atoms with E-state index in [1.807, 2.05) is 16.3 Å². The SMILES string of the molecule is CS(=O)(=O)C1CCCC1N1CCc2sccc2C1C(=O)O. The molecule has 3 unspecified atom stereocenters. The van der Waals surface area contributed by atoms with Crippen LogP contribution in [0.4, 0.5) is 0 Å². The summed E-state index contributed by atoms with van der Waals surface area (Å²) in [6.45, 7) is 0.626. The Morgan fingerprint density at radius 2 is 2.19 bits per heavy atom. The molecule has 5 nitrogen and oxygen atoms in total. The van der Waals surface area contributed by atoms with Gasteiger partial charge in [0.2, 0.25) is 0 Å². The first-order chi connectivity index (χ1) is 9.89. The van der Waals surface area contributed by atoms with Crippen molar-refractivity contribution in [3.63, 3.8) is 0 Å². The molecule has 1 N–H and O–H groups in total. The van der Waals surface area contributed by atoms with Gasteiger partial charge in [-0.25, -0.2) is 8.42 Å². The molecule has 0 saturated heterocycles. The van der Waals surface area contributed by atoms with Gasteiger partial charge in [-0.05, 0) is 36.3 Å². The van der Waals surface area contributed by atoms with Gasteiger partial charge in [0.15, 0.2) is 9.84 Å². The van der Waals surface area contributed by atoms with E-state index in [0.717, 1.165) is 29.7 Å². The Labute approximate surface area is 128 Å². The van der Waals surface area contributed by atoms with Crippen LogP contribution in [0.25, 0.3) is 0 Å². The number of sulfone groups is 1. The van der Waals surface area contributed by atoms with E-state index < -0.39 is 27.1 Å². The van der Waals surface area contributed by atoms with Crippen molar-refractivity contribution in [3.8, 4) is 0 Å². The highest BCUT2D eigenvalue weighted by Gasteiger charge is 2.45. The Morgan fingerprint density at radius 1 is 1.43 bits per heavy atom. The lowest BCUT2D eigenvalue weighted by molar-refractivity contribution is -0.145. The predicted octanol–water partition coefficient (Wildman–Crippen LogP) is 1.70. The largest absolute Gasteiger partial charge is 0.480 e. The van der Waals surface area contributed by atoms with Gasteiger partial charge in [-0.3, -0.25) is 9.69 Å². The Balaban J connectivity index is 1.96. The van der Waals surface area contributed by atoms with Gasteiger partial charge in [0.25, 0.3) is 0 Å². The highest BCUT2D eigenvalue weighted by atomic mass is 32.2. The van der Waals surface area contributed by atoms with E-state index in [2.05, 4.69) is 0 Å². The number of hydrogen-bond acceptors (Lipinski definition) is 5. The maximum absolute atomic E-state index is 12.0. The first-order valence-electron chi connectivity index (χ1n) is 7.13. The highest BCUT2D eigenvalue weighted by Crippen LogP contribution is 2.39. The molecule has 1 aromatic heterocycles. The average molecular weight is 329 g/mol. The zero-order chi connectivity index (χ0) is 15.2. The fourth-order valence-electron chi connectivity index (χ4n) is 3.75. The van der Waals surface area contributed by atoms with Crippen LogP contribution in [0.15, 0.2) is 11.4 Å². The molecule has 3 rings (SSSR count). The van der Waals surface area contributed by atoms with E-state index in [0.29, 0.717) is 13.0 Å². The van der Waals surface area contributed by atoms with Gasteiger partial charge in [-0.1, -0.05) is 6.42 Å². The second-order valence-corrected chi connectivity index (χ2v) is 9.16. The van der Waals surface area contributed by atoms with Crippen molar-refractivity contribution in [2.24, 2.45) is 0 Å². The van der Waals surface area contributed by atoms with Crippen molar-refractivity contribution in [2.45, 2.75) is 43.0 Å². The van der Waals surface area contributed by atoms with Crippen LogP contribution in [0.2, 0.25) is 0 Å². The lowest BCUT2D eigenvalue weighted by Crippen LogP contribution is -2.50. The Morgan fingerprint density at radius 3 is 2.86 bits per heavy atom. The summed E-state index contributed by atoms with van der Waals surface area (Å²) in [7, 11) is -3.15. The summed E-state index contributed by atoms with van der Waals surface area (Å²) in [4.78, 5) is 14.8. The summed E-state index contributed by atoms with van der Waals surface area (Å²) < 4.78 is 24.0. The highest BCUT2D eigenvalue weighted by molar-refractivity contribution is 7.91. The maximum atomic E-state index is 12.0. The number of rotatable bonds is 3. The fraction of sp³-hybridized carbons (Fsp3) is 0.643. The van der Waals surface area contributed by atoms with Crippen molar-refractivity contribution in [2.75, 3.05) is 12.8 Å². The number of thiophene rings is 1. The second kappa shape index (κ2) is 5.37. The minimum absolute atomic E-state index is 0.172. The van der Waals surface area contributed by atoms with Gasteiger partial charge in [-0.15, -0.1) is 11.3 Å². The minimum atomic E-state index is -3.15. The van der Waals surface area contributed by atoms with E-state index in [1.165, 1.54) is 6.26 Å². The van der Waals surface area contributed by atoms with Crippen LogP contribution in [0, 0.1) is 0 Å². The molecule has 1 aliphatic carbocycles. The molecule has 3 atom stereocenters. The van der Waals surface area contributed by atoms with Crippen molar-refractivity contribution in [3.05, 3.63) is 21.9 Å². The van der Waals surface area contributed by atoms with Crippen LogP contribution in [0.3, 0.4) is 0 Å². The summed E-state index contributed by atoms with van der Waals surface area (Å²) in [5.41, 5.74) is 0.845. The van der Waals surface area contributed by atoms with Gasteiger partial charge >= 0.3 is 5.97 Å². The van der Waals surface area contributed by atoms with Gasteiger partial charge in [0.1, 0.15) is 6.04 Å². The van der Waals surface area contributed by atoms with Crippen molar-refractivity contribution < 1.29 is 18.3 Å². The molecular weight excluding hydrogens is 310 g/mol. The molecule has 1 aliphatic heterocycles. The quantitative estimate of drug-likeness (QED) is 0.913. The number of aliphatic carboxylic acids is 1. The lowest BCUT2D eigenvalue weighted by atomic mass is 9.97. The van der Waals surface area contributed by atoms with Crippen LogP contribution >= 0.6 is 11.3 Å². The van der Waals surface area contributed by atoms with Crippen LogP contribution in [0.5, 0.6) is 0 Å². The minimum Gasteiger partial charge on any atom is -0.480 e. The molecule has 7 heteroatoms. The molecular formula is C14H19NO4S2. The van der Waals surface area contributed by atoms with Crippen LogP contribution in [-0.4, -0.2) is 48.5 Å². The summed E-state index contributed by atoms with van der Waals surface area (Å²) in [6, 6.07) is 0.997. The first-order valence-corrected chi connectivity index (χ1v) is 9.96. The molecule has 0 bridgehead atoms. The number of nitrogens with zero attached hydrogens (tertiary/aromatic N) is 1. The van der Waals surface area contributed by atoms with Gasteiger partial charge in [0, 0.05) is 23.7 Å². The zero-order valence-electron chi connectivity index (χ0n) is 11.9.